The molecule has 2 rings (SSSR count). The van der Waals surface area contributed by atoms with Gasteiger partial charge in [-0.25, -0.2) is 9.37 Å². The Hall–Kier alpha value is -1.88. The summed E-state index contributed by atoms with van der Waals surface area (Å²) < 4.78 is 19.1. The molecule has 0 aliphatic rings. The third-order valence-electron chi connectivity index (χ3n) is 3.08. The molecule has 0 radical (unpaired) electrons. The van der Waals surface area contributed by atoms with Gasteiger partial charge < -0.3 is 10.2 Å². The predicted octanol–water partition coefficient (Wildman–Crippen LogP) is 2.54. The number of halogens is 1. The van der Waals surface area contributed by atoms with Crippen molar-refractivity contribution >= 4 is 16.6 Å². The number of anilines is 1. The van der Waals surface area contributed by atoms with Crippen LogP contribution in [0.5, 0.6) is 5.75 Å². The van der Waals surface area contributed by atoms with Crippen molar-refractivity contribution in [1.29, 1.82) is 0 Å². The standard InChI is InChI=1S/C13H16FN3O/c1-4-8-7(2)16-13-9(14)5-6-10(18-3)11(13)12(8)17-15/h5-6H,4,15H2,1-3H3,(H,16,17). The average Bonchev–Trinajstić information content (AvgIpc) is 2.38. The van der Waals surface area contributed by atoms with Crippen molar-refractivity contribution in [3.05, 3.63) is 29.2 Å². The van der Waals surface area contributed by atoms with Crippen LogP contribution in [0.15, 0.2) is 12.1 Å². The largest absolute Gasteiger partial charge is 0.496 e. The minimum atomic E-state index is -0.381. The van der Waals surface area contributed by atoms with Gasteiger partial charge >= 0.3 is 0 Å². The molecule has 0 atom stereocenters. The van der Waals surface area contributed by atoms with Crippen LogP contribution in [0.2, 0.25) is 0 Å². The van der Waals surface area contributed by atoms with E-state index in [4.69, 9.17) is 10.6 Å². The molecule has 1 aromatic carbocycles. The number of methoxy groups -OCH3 is 1. The smallest absolute Gasteiger partial charge is 0.149 e. The van der Waals surface area contributed by atoms with E-state index >= 15 is 0 Å². The zero-order valence-corrected chi connectivity index (χ0v) is 10.7. The molecule has 1 aromatic heterocycles. The third kappa shape index (κ3) is 1.76. The van der Waals surface area contributed by atoms with E-state index in [-0.39, 0.29) is 11.3 Å². The fourth-order valence-corrected chi connectivity index (χ4v) is 2.23. The fourth-order valence-electron chi connectivity index (χ4n) is 2.23. The highest BCUT2D eigenvalue weighted by atomic mass is 19.1. The second kappa shape index (κ2) is 4.78. The Bertz CT molecular complexity index is 599. The number of nitrogens with zero attached hydrogens (tertiary/aromatic N) is 1. The molecule has 0 aliphatic heterocycles. The van der Waals surface area contributed by atoms with E-state index < -0.39 is 0 Å². The number of benzene rings is 1. The van der Waals surface area contributed by atoms with Gasteiger partial charge in [-0.15, -0.1) is 0 Å². The van der Waals surface area contributed by atoms with Gasteiger partial charge in [-0.05, 0) is 31.0 Å². The van der Waals surface area contributed by atoms with Gasteiger partial charge in [-0.1, -0.05) is 6.92 Å². The monoisotopic (exact) mass is 249 g/mol. The van der Waals surface area contributed by atoms with Crippen LogP contribution in [0.4, 0.5) is 10.1 Å². The average molecular weight is 249 g/mol. The Kier molecular flexibility index (Phi) is 3.34. The highest BCUT2D eigenvalue weighted by Crippen LogP contribution is 2.36. The van der Waals surface area contributed by atoms with Crippen LogP contribution in [0, 0.1) is 12.7 Å². The first-order valence-corrected chi connectivity index (χ1v) is 5.76. The number of aryl methyl sites for hydroxylation is 1. The van der Waals surface area contributed by atoms with Crippen LogP contribution in [0.1, 0.15) is 18.2 Å². The summed E-state index contributed by atoms with van der Waals surface area (Å²) in [5, 5.41) is 0.586. The minimum absolute atomic E-state index is 0.275. The first kappa shape index (κ1) is 12.6. The van der Waals surface area contributed by atoms with E-state index in [0.717, 1.165) is 17.7 Å². The molecule has 96 valence electrons. The maximum Gasteiger partial charge on any atom is 0.149 e. The highest BCUT2D eigenvalue weighted by Gasteiger charge is 2.17. The Morgan fingerprint density at radius 1 is 1.44 bits per heavy atom. The van der Waals surface area contributed by atoms with Crippen LogP contribution in [-0.4, -0.2) is 12.1 Å². The summed E-state index contributed by atoms with van der Waals surface area (Å²) in [6, 6.07) is 2.93. The Morgan fingerprint density at radius 3 is 2.72 bits per heavy atom. The SMILES string of the molecule is CCc1c(C)nc2c(F)ccc(OC)c2c1NN. The number of hydrazine groups is 1. The normalized spacial score (nSPS) is 10.7. The van der Waals surface area contributed by atoms with Crippen LogP contribution < -0.4 is 16.0 Å². The summed E-state index contributed by atoms with van der Waals surface area (Å²) in [5.41, 5.74) is 5.33. The molecule has 0 aliphatic carbocycles. The number of pyridine rings is 1. The molecule has 0 fully saturated rings. The molecule has 0 bridgehead atoms. The molecule has 0 amide bonds. The molecule has 0 spiro atoms. The molecule has 5 heteroatoms. The van der Waals surface area contributed by atoms with Crippen molar-refractivity contribution in [3.63, 3.8) is 0 Å². The Morgan fingerprint density at radius 2 is 2.17 bits per heavy atom. The quantitative estimate of drug-likeness (QED) is 0.648. The van der Waals surface area contributed by atoms with E-state index in [1.807, 2.05) is 13.8 Å². The summed E-state index contributed by atoms with van der Waals surface area (Å²) in [7, 11) is 1.54. The molecule has 0 unspecified atom stereocenters. The van der Waals surface area contributed by atoms with Gasteiger partial charge in [0.05, 0.1) is 18.2 Å². The number of aromatic nitrogens is 1. The van der Waals surface area contributed by atoms with Crippen LogP contribution >= 0.6 is 0 Å². The van der Waals surface area contributed by atoms with Crippen LogP contribution in [-0.2, 0) is 6.42 Å². The lowest BCUT2D eigenvalue weighted by Gasteiger charge is -2.16. The summed E-state index contributed by atoms with van der Waals surface area (Å²) in [6.45, 7) is 3.85. The molecule has 1 heterocycles. The van der Waals surface area contributed by atoms with E-state index in [1.165, 1.54) is 6.07 Å². The summed E-state index contributed by atoms with van der Waals surface area (Å²) in [4.78, 5) is 4.31. The van der Waals surface area contributed by atoms with Crippen molar-refractivity contribution in [2.24, 2.45) is 5.84 Å². The molecule has 2 aromatic rings. The lowest BCUT2D eigenvalue weighted by molar-refractivity contribution is 0.419. The zero-order chi connectivity index (χ0) is 13.3. The number of fused-ring (bicyclic) bond motifs is 1. The fraction of sp³-hybridized carbons (Fsp3) is 0.308. The molecule has 4 nitrogen and oxygen atoms in total. The van der Waals surface area contributed by atoms with Crippen LogP contribution in [0.25, 0.3) is 10.9 Å². The second-order valence-electron chi connectivity index (χ2n) is 4.02. The van der Waals surface area contributed by atoms with Crippen molar-refractivity contribution < 1.29 is 9.13 Å². The number of nitrogens with one attached hydrogen (secondary N) is 1. The number of ether oxygens (including phenoxy) is 1. The molecule has 0 saturated carbocycles. The molecule has 3 N–H and O–H groups in total. The van der Waals surface area contributed by atoms with Crippen molar-refractivity contribution in [3.8, 4) is 5.75 Å². The Balaban J connectivity index is 2.97. The van der Waals surface area contributed by atoms with E-state index in [1.54, 1.807) is 13.2 Å². The lowest BCUT2D eigenvalue weighted by atomic mass is 10.0. The molecular formula is C13H16FN3O. The van der Waals surface area contributed by atoms with Gasteiger partial charge in [0.25, 0.3) is 0 Å². The van der Waals surface area contributed by atoms with Crippen molar-refractivity contribution in [2.45, 2.75) is 20.3 Å². The summed E-state index contributed by atoms with van der Waals surface area (Å²) >= 11 is 0. The lowest BCUT2D eigenvalue weighted by Crippen LogP contribution is -2.12. The molecule has 18 heavy (non-hydrogen) atoms. The number of nitrogen functional groups attached to an aromatic ring is 1. The van der Waals surface area contributed by atoms with E-state index in [0.29, 0.717) is 16.8 Å². The number of hydrogen-bond acceptors (Lipinski definition) is 4. The maximum absolute atomic E-state index is 13.8. The van der Waals surface area contributed by atoms with Crippen LogP contribution in [0.3, 0.4) is 0 Å². The first-order chi connectivity index (χ1) is 8.63. The van der Waals surface area contributed by atoms with Gasteiger partial charge in [-0.3, -0.25) is 5.84 Å². The maximum atomic E-state index is 13.8. The van der Waals surface area contributed by atoms with Gasteiger partial charge in [-0.2, -0.15) is 0 Å². The van der Waals surface area contributed by atoms with Crippen molar-refractivity contribution in [2.75, 3.05) is 12.5 Å². The topological polar surface area (TPSA) is 60.2 Å². The summed E-state index contributed by atoms with van der Waals surface area (Å²) in [5.74, 6) is 5.75. The first-order valence-electron chi connectivity index (χ1n) is 5.76. The van der Waals surface area contributed by atoms with Crippen molar-refractivity contribution in [1.82, 2.24) is 4.98 Å². The van der Waals surface area contributed by atoms with Gasteiger partial charge in [0.15, 0.2) is 0 Å². The van der Waals surface area contributed by atoms with Gasteiger partial charge in [0, 0.05) is 5.69 Å². The highest BCUT2D eigenvalue weighted by molar-refractivity contribution is 5.98. The Labute approximate surface area is 105 Å². The molecule has 0 saturated heterocycles. The predicted molar refractivity (Wildman–Crippen MR) is 70.2 cm³/mol. The zero-order valence-electron chi connectivity index (χ0n) is 10.7. The summed E-state index contributed by atoms with van der Waals surface area (Å²) in [6.07, 6.45) is 0.758. The number of nitrogens with two attached hydrogens (primary N) is 1. The van der Waals surface area contributed by atoms with Gasteiger partial charge in [0.1, 0.15) is 17.1 Å². The third-order valence-corrected chi connectivity index (χ3v) is 3.08. The number of rotatable bonds is 3. The van der Waals surface area contributed by atoms with E-state index in [9.17, 15) is 4.39 Å². The second-order valence-corrected chi connectivity index (χ2v) is 4.02. The van der Waals surface area contributed by atoms with E-state index in [2.05, 4.69) is 10.4 Å². The molecular weight excluding hydrogens is 233 g/mol. The van der Waals surface area contributed by atoms with Gasteiger partial charge in [0.2, 0.25) is 0 Å². The number of hydrogen-bond donors (Lipinski definition) is 2. The minimum Gasteiger partial charge on any atom is -0.496 e.